The molecule has 3 heterocycles. The minimum atomic E-state index is -2.61. The van der Waals surface area contributed by atoms with Crippen LogP contribution >= 0.6 is 0 Å². The molecule has 3 aromatic heterocycles. The summed E-state index contributed by atoms with van der Waals surface area (Å²) in [5.74, 6) is -0.425. The smallest absolute Gasteiger partial charge is 0.341 e. The fraction of sp³-hybridized carbons (Fsp3) is 0.346. The summed E-state index contributed by atoms with van der Waals surface area (Å²) in [4.78, 5) is 21.0. The summed E-state index contributed by atoms with van der Waals surface area (Å²) in [6, 6.07) is 7.50. The van der Waals surface area contributed by atoms with Crippen molar-refractivity contribution in [2.75, 3.05) is 6.61 Å². The molecule has 0 aliphatic carbocycles. The van der Waals surface area contributed by atoms with Crippen molar-refractivity contribution in [2.45, 2.75) is 53.5 Å². The van der Waals surface area contributed by atoms with E-state index in [-0.39, 0.29) is 13.0 Å². The second-order valence-electron chi connectivity index (χ2n) is 8.43. The molecule has 4 rings (SSSR count). The predicted octanol–water partition coefficient (Wildman–Crippen LogP) is 4.88. The van der Waals surface area contributed by atoms with Crippen LogP contribution in [0.2, 0.25) is 0 Å². The van der Waals surface area contributed by atoms with E-state index in [0.717, 1.165) is 5.56 Å². The number of hydrogen-bond donors (Lipinski definition) is 0. The first-order valence-corrected chi connectivity index (χ1v) is 11.9. The van der Waals surface area contributed by atoms with E-state index >= 15 is 0 Å². The molecule has 194 valence electrons. The molecule has 0 fully saturated rings. The van der Waals surface area contributed by atoms with E-state index in [1.54, 1.807) is 39.0 Å². The average Bonchev–Trinajstić information content (AvgIpc) is 3.35. The first-order valence-electron chi connectivity index (χ1n) is 11.9. The fourth-order valence-corrected chi connectivity index (χ4v) is 4.36. The van der Waals surface area contributed by atoms with Crippen molar-refractivity contribution in [3.63, 3.8) is 0 Å². The molecule has 0 aliphatic rings. The Morgan fingerprint density at radius 3 is 2.46 bits per heavy atom. The number of carbonyl (C=O) groups is 1. The van der Waals surface area contributed by atoms with Crippen molar-refractivity contribution in [1.82, 2.24) is 29.5 Å². The van der Waals surface area contributed by atoms with Gasteiger partial charge in [0.2, 0.25) is 0 Å². The van der Waals surface area contributed by atoms with Crippen molar-refractivity contribution in [1.29, 1.82) is 0 Å². The molecule has 0 aliphatic heterocycles. The van der Waals surface area contributed by atoms with E-state index in [2.05, 4.69) is 20.2 Å². The molecule has 8 nitrogen and oxygen atoms in total. The van der Waals surface area contributed by atoms with Crippen LogP contribution in [0.1, 0.15) is 52.5 Å². The monoisotopic (exact) mass is 512 g/mol. The molecular weight excluding hydrogens is 485 g/mol. The minimum Gasteiger partial charge on any atom is -0.462 e. The van der Waals surface area contributed by atoms with Gasteiger partial charge in [-0.2, -0.15) is 10.2 Å². The number of carbonyl (C=O) groups excluding carboxylic acids is 1. The van der Waals surface area contributed by atoms with Gasteiger partial charge in [0, 0.05) is 29.3 Å². The van der Waals surface area contributed by atoms with E-state index in [4.69, 9.17) is 4.74 Å². The standard InChI is InChI=1S/C26H27F3N6O2/c1-5-20-21(34(13-22(28)29)33-25(20)17-7-9-18(27)10-8-17)11-19-12-23(31-14-30-19)35-16(4)24(15(3)32-35)26(36)37-6-2/h7-10,12,14,22H,5-6,11,13H2,1-4H3. The molecule has 0 bridgehead atoms. The number of alkyl halides is 2. The van der Waals surface area contributed by atoms with Crippen molar-refractivity contribution in [3.8, 4) is 17.1 Å². The van der Waals surface area contributed by atoms with Crippen LogP contribution in [0.3, 0.4) is 0 Å². The highest BCUT2D eigenvalue weighted by Crippen LogP contribution is 2.29. The molecule has 11 heteroatoms. The Balaban J connectivity index is 1.74. The third-order valence-electron chi connectivity index (χ3n) is 5.99. The van der Waals surface area contributed by atoms with Gasteiger partial charge in [-0.1, -0.05) is 6.92 Å². The Bertz CT molecular complexity index is 1410. The molecular formula is C26H27F3N6O2. The summed E-state index contributed by atoms with van der Waals surface area (Å²) in [6.45, 7) is 6.77. The summed E-state index contributed by atoms with van der Waals surface area (Å²) in [5.41, 5.74) is 4.55. The second-order valence-corrected chi connectivity index (χ2v) is 8.43. The molecule has 37 heavy (non-hydrogen) atoms. The molecule has 0 saturated heterocycles. The maximum Gasteiger partial charge on any atom is 0.341 e. The van der Waals surface area contributed by atoms with E-state index in [1.807, 2.05) is 6.92 Å². The van der Waals surface area contributed by atoms with Gasteiger partial charge < -0.3 is 4.74 Å². The largest absolute Gasteiger partial charge is 0.462 e. The number of halogens is 3. The van der Waals surface area contributed by atoms with Crippen LogP contribution < -0.4 is 0 Å². The van der Waals surface area contributed by atoms with Crippen molar-refractivity contribution < 1.29 is 22.7 Å². The maximum absolute atomic E-state index is 13.5. The lowest BCUT2D eigenvalue weighted by Crippen LogP contribution is -2.13. The third kappa shape index (κ3) is 5.40. The zero-order chi connectivity index (χ0) is 26.7. The highest BCUT2D eigenvalue weighted by molar-refractivity contribution is 5.92. The van der Waals surface area contributed by atoms with Gasteiger partial charge in [0.25, 0.3) is 6.43 Å². The molecule has 0 spiro atoms. The summed E-state index contributed by atoms with van der Waals surface area (Å²) in [7, 11) is 0. The first-order chi connectivity index (χ1) is 17.7. The summed E-state index contributed by atoms with van der Waals surface area (Å²) in [5, 5.41) is 8.92. The Morgan fingerprint density at radius 1 is 1.08 bits per heavy atom. The molecule has 0 radical (unpaired) electrons. The van der Waals surface area contributed by atoms with Gasteiger partial charge in [0.05, 0.1) is 29.4 Å². The van der Waals surface area contributed by atoms with Crippen molar-refractivity contribution in [3.05, 3.63) is 76.4 Å². The van der Waals surface area contributed by atoms with Gasteiger partial charge in [0.15, 0.2) is 5.82 Å². The van der Waals surface area contributed by atoms with Crippen LogP contribution in [-0.4, -0.2) is 48.5 Å². The number of esters is 1. The summed E-state index contributed by atoms with van der Waals surface area (Å²) < 4.78 is 48.3. The number of benzene rings is 1. The Kier molecular flexibility index (Phi) is 7.70. The zero-order valence-corrected chi connectivity index (χ0v) is 21.0. The van der Waals surface area contributed by atoms with Crippen molar-refractivity contribution in [2.24, 2.45) is 0 Å². The van der Waals surface area contributed by atoms with Gasteiger partial charge in [-0.3, -0.25) is 4.68 Å². The van der Waals surface area contributed by atoms with Gasteiger partial charge >= 0.3 is 5.97 Å². The topological polar surface area (TPSA) is 87.7 Å². The van der Waals surface area contributed by atoms with Gasteiger partial charge in [-0.05, 0) is 51.5 Å². The number of aromatic nitrogens is 6. The molecule has 0 N–H and O–H groups in total. The van der Waals surface area contributed by atoms with Crippen LogP contribution in [-0.2, 0) is 24.1 Å². The molecule has 0 amide bonds. The van der Waals surface area contributed by atoms with E-state index in [1.165, 1.54) is 27.8 Å². The number of hydrogen-bond acceptors (Lipinski definition) is 6. The molecule has 1 aromatic carbocycles. The Labute approximate surface area is 212 Å². The number of rotatable bonds is 9. The highest BCUT2D eigenvalue weighted by atomic mass is 19.3. The van der Waals surface area contributed by atoms with Gasteiger partial charge in [-0.15, -0.1) is 0 Å². The normalized spacial score (nSPS) is 11.4. The third-order valence-corrected chi connectivity index (χ3v) is 5.99. The van der Waals surface area contributed by atoms with Gasteiger partial charge in [0.1, 0.15) is 24.3 Å². The van der Waals surface area contributed by atoms with Crippen LogP contribution in [0.25, 0.3) is 17.1 Å². The van der Waals surface area contributed by atoms with Crippen molar-refractivity contribution >= 4 is 5.97 Å². The van der Waals surface area contributed by atoms with E-state index in [9.17, 15) is 18.0 Å². The Hall–Kier alpha value is -4.02. The summed E-state index contributed by atoms with van der Waals surface area (Å²) in [6.07, 6.45) is -0.500. The number of aryl methyl sites for hydroxylation is 1. The van der Waals surface area contributed by atoms with Crippen LogP contribution in [0.4, 0.5) is 13.2 Å². The maximum atomic E-state index is 13.5. The average molecular weight is 513 g/mol. The molecule has 0 saturated carbocycles. The zero-order valence-electron chi connectivity index (χ0n) is 21.0. The van der Waals surface area contributed by atoms with E-state index in [0.29, 0.717) is 51.8 Å². The molecule has 4 aromatic rings. The van der Waals surface area contributed by atoms with Crippen LogP contribution in [0.5, 0.6) is 0 Å². The minimum absolute atomic E-state index is 0.212. The van der Waals surface area contributed by atoms with Gasteiger partial charge in [-0.25, -0.2) is 32.6 Å². The summed E-state index contributed by atoms with van der Waals surface area (Å²) >= 11 is 0. The molecule has 0 unspecified atom stereocenters. The van der Waals surface area contributed by atoms with Crippen LogP contribution in [0.15, 0.2) is 36.7 Å². The highest BCUT2D eigenvalue weighted by Gasteiger charge is 2.23. The lowest BCUT2D eigenvalue weighted by Gasteiger charge is -2.10. The lowest BCUT2D eigenvalue weighted by molar-refractivity contribution is 0.0524. The predicted molar refractivity (Wildman–Crippen MR) is 130 cm³/mol. The first kappa shape index (κ1) is 26.1. The second kappa shape index (κ2) is 10.9. The van der Waals surface area contributed by atoms with Crippen LogP contribution in [0, 0.1) is 19.7 Å². The lowest BCUT2D eigenvalue weighted by atomic mass is 10.0. The molecule has 0 atom stereocenters. The SMILES string of the molecule is CCOC(=O)c1c(C)nn(-c2cc(Cc3c(CC)c(-c4ccc(F)cc4)nn3CC(F)F)ncn2)c1C. The fourth-order valence-electron chi connectivity index (χ4n) is 4.36. The number of nitrogens with zero attached hydrogens (tertiary/aromatic N) is 6. The Morgan fingerprint density at radius 2 is 1.81 bits per heavy atom. The van der Waals surface area contributed by atoms with E-state index < -0.39 is 24.8 Å². The number of ether oxygens (including phenoxy) is 1. The quantitative estimate of drug-likeness (QED) is 0.297.